The summed E-state index contributed by atoms with van der Waals surface area (Å²) in [6.07, 6.45) is 3.42. The number of halogens is 5. The highest BCUT2D eigenvalue weighted by molar-refractivity contribution is 5.62. The molecule has 12 heteroatoms. The lowest BCUT2D eigenvalue weighted by atomic mass is 10.1. The normalized spacial score (nSPS) is 13.1. The first-order valence-corrected chi connectivity index (χ1v) is 13.6. The molecule has 2 heterocycles. The summed E-state index contributed by atoms with van der Waals surface area (Å²) < 4.78 is 91.4. The van der Waals surface area contributed by atoms with Crippen LogP contribution in [0.3, 0.4) is 0 Å². The van der Waals surface area contributed by atoms with E-state index in [0.717, 1.165) is 12.0 Å². The molecule has 0 amide bonds. The summed E-state index contributed by atoms with van der Waals surface area (Å²) in [5.41, 5.74) is 0.598. The highest BCUT2D eigenvalue weighted by Crippen LogP contribution is 2.37. The van der Waals surface area contributed by atoms with Gasteiger partial charge in [-0.05, 0) is 41.8 Å². The molecule has 0 spiro atoms. The van der Waals surface area contributed by atoms with Crippen molar-refractivity contribution in [1.82, 2.24) is 14.5 Å². The summed E-state index contributed by atoms with van der Waals surface area (Å²) in [4.78, 5) is 5.84. The van der Waals surface area contributed by atoms with Gasteiger partial charge in [0.1, 0.15) is 11.6 Å². The first-order valence-electron chi connectivity index (χ1n) is 13.6. The summed E-state index contributed by atoms with van der Waals surface area (Å²) in [7, 11) is 1.39. The van der Waals surface area contributed by atoms with Gasteiger partial charge in [0.15, 0.2) is 17.2 Å². The molecule has 0 saturated heterocycles. The first-order chi connectivity index (χ1) is 20.6. The average Bonchev–Trinajstić information content (AvgIpc) is 3.56. The van der Waals surface area contributed by atoms with Crippen LogP contribution >= 0.6 is 0 Å². The molecule has 1 aromatic heterocycles. The number of allylic oxidation sites excluding steroid dienone is 1. The number of imidazole rings is 1. The van der Waals surface area contributed by atoms with Crippen molar-refractivity contribution in [2.45, 2.75) is 65.2 Å². The van der Waals surface area contributed by atoms with Gasteiger partial charge in [-0.25, -0.2) is 4.98 Å². The number of hydrogen-bond acceptors (Lipinski definition) is 6. The molecule has 1 aliphatic rings. The fourth-order valence-corrected chi connectivity index (χ4v) is 4.86. The van der Waals surface area contributed by atoms with Gasteiger partial charge < -0.3 is 23.5 Å². The SMILES string of the molecule is C#CC/C(=C/OC)c1nc(C(F)(F)F)c(CN(Cc2cccc(OC(F)F)c2)Cc2ccc3c(c2)OCO3)n1CCCC. The summed E-state index contributed by atoms with van der Waals surface area (Å²) in [6.45, 7) is -0.587. The molecule has 230 valence electrons. The van der Waals surface area contributed by atoms with Crippen molar-refractivity contribution in [3.05, 3.63) is 77.1 Å². The van der Waals surface area contributed by atoms with E-state index in [9.17, 15) is 22.0 Å². The minimum atomic E-state index is -4.76. The Balaban J connectivity index is 1.79. The molecule has 0 unspecified atom stereocenters. The maximum absolute atomic E-state index is 14.5. The van der Waals surface area contributed by atoms with E-state index in [-0.39, 0.29) is 56.7 Å². The Morgan fingerprint density at radius 2 is 1.86 bits per heavy atom. The van der Waals surface area contributed by atoms with Crippen LogP contribution in [0.1, 0.15) is 54.5 Å². The van der Waals surface area contributed by atoms with Gasteiger partial charge in [-0.1, -0.05) is 31.5 Å². The lowest BCUT2D eigenvalue weighted by Crippen LogP contribution is -2.26. The lowest BCUT2D eigenvalue weighted by molar-refractivity contribution is -0.142. The molecular weight excluding hydrogens is 573 g/mol. The van der Waals surface area contributed by atoms with E-state index >= 15 is 0 Å². The summed E-state index contributed by atoms with van der Waals surface area (Å²) in [5.74, 6) is 3.60. The zero-order valence-corrected chi connectivity index (χ0v) is 23.8. The van der Waals surface area contributed by atoms with Gasteiger partial charge in [0.2, 0.25) is 6.79 Å². The first kappa shape index (κ1) is 31.7. The van der Waals surface area contributed by atoms with E-state index in [1.807, 2.05) is 6.92 Å². The van der Waals surface area contributed by atoms with Crippen molar-refractivity contribution in [3.63, 3.8) is 0 Å². The van der Waals surface area contributed by atoms with Crippen molar-refractivity contribution in [2.75, 3.05) is 13.9 Å². The number of fused-ring (bicyclic) bond motifs is 1. The average molecular weight is 606 g/mol. The van der Waals surface area contributed by atoms with Crippen LogP contribution < -0.4 is 14.2 Å². The fourth-order valence-electron chi connectivity index (χ4n) is 4.86. The number of methoxy groups -OCH3 is 1. The number of ether oxygens (including phenoxy) is 4. The van der Waals surface area contributed by atoms with Crippen molar-refractivity contribution in [1.29, 1.82) is 0 Å². The fraction of sp³-hybridized carbons (Fsp3) is 0.387. The Morgan fingerprint density at radius 3 is 2.53 bits per heavy atom. The van der Waals surface area contributed by atoms with Crippen LogP contribution in [-0.4, -0.2) is 35.0 Å². The standard InChI is InChI=1S/C31H32F5N3O4/c1-4-6-13-39-25(28(31(34,35)36)37-29(39)23(8-5-2)19-40-3)18-38(16-21-9-7-10-24(14-21)43-30(32)33)17-22-11-12-26-27(15-22)42-20-41-26/h2,7,9-12,14-15,19,30H,4,6,8,13,16-18,20H2,1,3H3/b23-19-. The third-order valence-electron chi connectivity index (χ3n) is 6.66. The third kappa shape index (κ3) is 8.20. The van der Waals surface area contributed by atoms with Crippen LogP contribution in [0.4, 0.5) is 22.0 Å². The zero-order chi connectivity index (χ0) is 31.0. The monoisotopic (exact) mass is 605 g/mol. The van der Waals surface area contributed by atoms with Gasteiger partial charge in [0, 0.05) is 38.2 Å². The number of alkyl halides is 5. The molecule has 0 aliphatic carbocycles. The largest absolute Gasteiger partial charge is 0.504 e. The van der Waals surface area contributed by atoms with E-state index in [1.165, 1.54) is 25.5 Å². The number of hydrogen-bond donors (Lipinski definition) is 0. The second-order valence-electron chi connectivity index (χ2n) is 9.85. The second kappa shape index (κ2) is 14.3. The number of unbranched alkanes of at least 4 members (excludes halogenated alkanes) is 1. The number of terminal acetylenes is 1. The van der Waals surface area contributed by atoms with Crippen LogP contribution in [0.5, 0.6) is 17.2 Å². The topological polar surface area (TPSA) is 58.0 Å². The van der Waals surface area contributed by atoms with Gasteiger partial charge in [-0.15, -0.1) is 12.3 Å². The number of aromatic nitrogens is 2. The number of benzene rings is 2. The van der Waals surface area contributed by atoms with Crippen LogP contribution in [-0.2, 0) is 37.1 Å². The second-order valence-corrected chi connectivity index (χ2v) is 9.85. The molecular formula is C31H32F5N3O4. The molecule has 0 fully saturated rings. The highest BCUT2D eigenvalue weighted by atomic mass is 19.4. The maximum Gasteiger partial charge on any atom is 0.435 e. The molecule has 2 aromatic carbocycles. The molecule has 43 heavy (non-hydrogen) atoms. The van der Waals surface area contributed by atoms with E-state index in [1.54, 1.807) is 39.8 Å². The molecule has 0 radical (unpaired) electrons. The van der Waals surface area contributed by atoms with Crippen LogP contribution in [0, 0.1) is 12.3 Å². The van der Waals surface area contributed by atoms with Gasteiger partial charge >= 0.3 is 12.8 Å². The molecule has 1 aliphatic heterocycles. The van der Waals surface area contributed by atoms with Crippen LogP contribution in [0.2, 0.25) is 0 Å². The van der Waals surface area contributed by atoms with Crippen molar-refractivity contribution >= 4 is 5.57 Å². The molecule has 7 nitrogen and oxygen atoms in total. The Kier molecular flexibility index (Phi) is 10.5. The Bertz CT molecular complexity index is 1460. The molecule has 0 saturated carbocycles. The minimum absolute atomic E-state index is 0.0194. The maximum atomic E-state index is 14.5. The molecule has 4 rings (SSSR count). The minimum Gasteiger partial charge on any atom is -0.504 e. The van der Waals surface area contributed by atoms with Gasteiger partial charge in [0.05, 0.1) is 19.1 Å². The smallest absolute Gasteiger partial charge is 0.435 e. The summed E-state index contributed by atoms with van der Waals surface area (Å²) >= 11 is 0. The van der Waals surface area contributed by atoms with Crippen molar-refractivity contribution in [2.24, 2.45) is 0 Å². The summed E-state index contributed by atoms with van der Waals surface area (Å²) in [5, 5.41) is 0. The number of nitrogens with zero attached hydrogens (tertiary/aromatic N) is 3. The quantitative estimate of drug-likeness (QED) is 0.110. The van der Waals surface area contributed by atoms with Crippen molar-refractivity contribution < 1.29 is 40.9 Å². The van der Waals surface area contributed by atoms with Crippen LogP contribution in [0.15, 0.2) is 48.7 Å². The molecule has 3 aromatic rings. The Morgan fingerprint density at radius 1 is 1.12 bits per heavy atom. The summed E-state index contributed by atoms with van der Waals surface area (Å²) in [6, 6.07) is 11.4. The molecule has 0 bridgehead atoms. The Labute approximate surface area is 246 Å². The van der Waals surface area contributed by atoms with Gasteiger partial charge in [-0.2, -0.15) is 22.0 Å². The van der Waals surface area contributed by atoms with Gasteiger partial charge in [0.25, 0.3) is 0 Å². The van der Waals surface area contributed by atoms with Crippen LogP contribution in [0.25, 0.3) is 5.57 Å². The van der Waals surface area contributed by atoms with E-state index in [2.05, 4.69) is 15.6 Å². The highest BCUT2D eigenvalue weighted by Gasteiger charge is 2.39. The molecule has 0 atom stereocenters. The zero-order valence-electron chi connectivity index (χ0n) is 23.8. The van der Waals surface area contributed by atoms with Gasteiger partial charge in [-0.3, -0.25) is 4.90 Å². The predicted octanol–water partition coefficient (Wildman–Crippen LogP) is 7.25. The van der Waals surface area contributed by atoms with E-state index in [4.69, 9.17) is 20.6 Å². The number of rotatable bonds is 14. The van der Waals surface area contributed by atoms with E-state index in [0.29, 0.717) is 29.1 Å². The van der Waals surface area contributed by atoms with Crippen molar-refractivity contribution in [3.8, 4) is 29.6 Å². The van der Waals surface area contributed by atoms with E-state index < -0.39 is 18.5 Å². The Hall–Kier alpha value is -4.24. The third-order valence-corrected chi connectivity index (χ3v) is 6.66. The lowest BCUT2D eigenvalue weighted by Gasteiger charge is -2.25. The molecule has 0 N–H and O–H groups in total. The predicted molar refractivity (Wildman–Crippen MR) is 149 cm³/mol.